The second kappa shape index (κ2) is 3.27. The van der Waals surface area contributed by atoms with E-state index in [1.54, 1.807) is 0 Å². The van der Waals surface area contributed by atoms with Crippen molar-refractivity contribution < 1.29 is 0 Å². The maximum Gasteiger partial charge on any atom is 0.133 e. The zero-order chi connectivity index (χ0) is 11.1. The Morgan fingerprint density at radius 3 is 3.12 bits per heavy atom. The smallest absolute Gasteiger partial charge is 0.133 e. The number of anilines is 3. The predicted octanol–water partition coefficient (Wildman–Crippen LogP) is 2.40. The van der Waals surface area contributed by atoms with Crippen LogP contribution in [0.3, 0.4) is 0 Å². The van der Waals surface area contributed by atoms with Gasteiger partial charge in [-0.15, -0.1) is 0 Å². The number of benzene rings is 1. The number of nitrogens with one attached hydrogen (secondary N) is 2. The van der Waals surface area contributed by atoms with E-state index in [0.29, 0.717) is 0 Å². The lowest BCUT2D eigenvalue weighted by Gasteiger charge is -2.12. The zero-order valence-electron chi connectivity index (χ0n) is 9.41. The topological polar surface area (TPSA) is 41.9 Å². The summed E-state index contributed by atoms with van der Waals surface area (Å²) in [4.78, 5) is 0. The predicted molar refractivity (Wildman–Crippen MR) is 65.0 cm³/mol. The summed E-state index contributed by atoms with van der Waals surface area (Å²) in [5, 5.41) is 11.1. The molecule has 4 heteroatoms. The van der Waals surface area contributed by atoms with Crippen molar-refractivity contribution >= 4 is 17.2 Å². The normalized spacial score (nSPS) is 13.1. The average Bonchev–Trinajstić information content (AvgIpc) is 2.51. The van der Waals surface area contributed by atoms with Crippen molar-refractivity contribution in [2.45, 2.75) is 13.5 Å². The highest BCUT2D eigenvalue weighted by atomic mass is 15.3. The molecule has 0 atom stereocenters. The first kappa shape index (κ1) is 9.27. The molecule has 0 saturated carbocycles. The quantitative estimate of drug-likeness (QED) is 0.707. The number of aromatic nitrogens is 2. The molecular formula is C12H14N4. The molecule has 1 aliphatic heterocycles. The maximum atomic E-state index is 4.26. The third-order valence-corrected chi connectivity index (χ3v) is 3.00. The second-order valence-corrected chi connectivity index (χ2v) is 4.12. The molecule has 0 unspecified atom stereocenters. The highest BCUT2D eigenvalue weighted by Gasteiger charge is 2.16. The summed E-state index contributed by atoms with van der Waals surface area (Å²) in [6.45, 7) is 2.92. The zero-order valence-corrected chi connectivity index (χ0v) is 9.41. The van der Waals surface area contributed by atoms with Gasteiger partial charge in [0.15, 0.2) is 0 Å². The number of fused-ring (bicyclic) bond motifs is 2. The Labute approximate surface area is 94.3 Å². The van der Waals surface area contributed by atoms with E-state index < -0.39 is 0 Å². The standard InChI is InChI=1S/C12H14N4/c1-8-4-3-5-10-11(8)15-12-9(6-13-10)7-14-16(12)2/h3-5,7,13,15H,6H2,1-2H3. The lowest BCUT2D eigenvalue weighted by molar-refractivity contribution is 0.776. The SMILES string of the molecule is Cc1cccc2c1Nc1c(cnn1C)CN2. The minimum absolute atomic E-state index is 0.812. The minimum atomic E-state index is 0.812. The van der Waals surface area contributed by atoms with Crippen LogP contribution < -0.4 is 10.6 Å². The molecule has 1 aromatic carbocycles. The lowest BCUT2D eigenvalue weighted by atomic mass is 10.1. The van der Waals surface area contributed by atoms with Crippen molar-refractivity contribution in [2.75, 3.05) is 10.6 Å². The molecule has 0 radical (unpaired) electrons. The maximum absolute atomic E-state index is 4.26. The number of rotatable bonds is 0. The van der Waals surface area contributed by atoms with Crippen LogP contribution in [0.1, 0.15) is 11.1 Å². The van der Waals surface area contributed by atoms with Crippen LogP contribution in [-0.4, -0.2) is 9.78 Å². The molecule has 2 N–H and O–H groups in total. The molecule has 1 aliphatic rings. The van der Waals surface area contributed by atoms with Crippen LogP contribution in [-0.2, 0) is 13.6 Å². The van der Waals surface area contributed by atoms with Gasteiger partial charge in [0, 0.05) is 19.2 Å². The number of nitrogens with zero attached hydrogens (tertiary/aromatic N) is 2. The molecule has 0 bridgehead atoms. The molecule has 0 aliphatic carbocycles. The van der Waals surface area contributed by atoms with Crippen molar-refractivity contribution in [1.82, 2.24) is 9.78 Å². The van der Waals surface area contributed by atoms with E-state index in [-0.39, 0.29) is 0 Å². The van der Waals surface area contributed by atoms with Crippen molar-refractivity contribution in [1.29, 1.82) is 0 Å². The first-order valence-electron chi connectivity index (χ1n) is 5.37. The van der Waals surface area contributed by atoms with Crippen LogP contribution in [0.2, 0.25) is 0 Å². The molecule has 0 amide bonds. The van der Waals surface area contributed by atoms with Crippen LogP contribution in [0.25, 0.3) is 0 Å². The van der Waals surface area contributed by atoms with Crippen LogP contribution in [0, 0.1) is 6.92 Å². The second-order valence-electron chi connectivity index (χ2n) is 4.12. The highest BCUT2D eigenvalue weighted by Crippen LogP contribution is 2.33. The van der Waals surface area contributed by atoms with E-state index in [4.69, 9.17) is 0 Å². The van der Waals surface area contributed by atoms with Crippen molar-refractivity contribution in [3.05, 3.63) is 35.5 Å². The van der Waals surface area contributed by atoms with Gasteiger partial charge in [-0.25, -0.2) is 0 Å². The first-order valence-corrected chi connectivity index (χ1v) is 5.37. The molecule has 0 saturated heterocycles. The number of aryl methyl sites for hydroxylation is 2. The molecular weight excluding hydrogens is 200 g/mol. The van der Waals surface area contributed by atoms with Gasteiger partial charge in [-0.1, -0.05) is 12.1 Å². The van der Waals surface area contributed by atoms with E-state index in [1.165, 1.54) is 11.1 Å². The van der Waals surface area contributed by atoms with Gasteiger partial charge in [0.25, 0.3) is 0 Å². The van der Waals surface area contributed by atoms with Crippen molar-refractivity contribution in [3.63, 3.8) is 0 Å². The first-order chi connectivity index (χ1) is 7.75. The Bertz CT molecular complexity index is 542. The van der Waals surface area contributed by atoms with Crippen molar-refractivity contribution in [3.8, 4) is 0 Å². The molecule has 0 fully saturated rings. The summed E-state index contributed by atoms with van der Waals surface area (Å²) in [6, 6.07) is 6.26. The summed E-state index contributed by atoms with van der Waals surface area (Å²) in [5.41, 5.74) is 4.72. The van der Waals surface area contributed by atoms with E-state index >= 15 is 0 Å². The van der Waals surface area contributed by atoms with Gasteiger partial charge in [-0.05, 0) is 18.6 Å². The fourth-order valence-electron chi connectivity index (χ4n) is 2.06. The van der Waals surface area contributed by atoms with E-state index in [0.717, 1.165) is 23.7 Å². The summed E-state index contributed by atoms with van der Waals surface area (Å²) >= 11 is 0. The molecule has 3 rings (SSSR count). The molecule has 4 nitrogen and oxygen atoms in total. The van der Waals surface area contributed by atoms with Gasteiger partial charge >= 0.3 is 0 Å². The Morgan fingerprint density at radius 2 is 2.25 bits per heavy atom. The van der Waals surface area contributed by atoms with Gasteiger partial charge in [-0.3, -0.25) is 4.68 Å². The van der Waals surface area contributed by atoms with Gasteiger partial charge < -0.3 is 10.6 Å². The third-order valence-electron chi connectivity index (χ3n) is 3.00. The number of hydrogen-bond acceptors (Lipinski definition) is 3. The van der Waals surface area contributed by atoms with Gasteiger partial charge in [0.05, 0.1) is 17.6 Å². The van der Waals surface area contributed by atoms with E-state index in [1.807, 2.05) is 17.9 Å². The van der Waals surface area contributed by atoms with Crippen LogP contribution in [0.4, 0.5) is 17.2 Å². The van der Waals surface area contributed by atoms with Crippen LogP contribution in [0.15, 0.2) is 24.4 Å². The van der Waals surface area contributed by atoms with Gasteiger partial charge in [-0.2, -0.15) is 5.10 Å². The Balaban J connectivity index is 2.15. The minimum Gasteiger partial charge on any atom is -0.379 e. The van der Waals surface area contributed by atoms with Crippen LogP contribution >= 0.6 is 0 Å². The fourth-order valence-corrected chi connectivity index (χ4v) is 2.06. The summed E-state index contributed by atoms with van der Waals surface area (Å²) in [7, 11) is 1.95. The molecule has 0 spiro atoms. The molecule has 1 aromatic heterocycles. The third kappa shape index (κ3) is 1.26. The summed E-state index contributed by atoms with van der Waals surface area (Å²) in [6.07, 6.45) is 1.90. The summed E-state index contributed by atoms with van der Waals surface area (Å²) in [5.74, 6) is 1.07. The average molecular weight is 214 g/mol. The van der Waals surface area contributed by atoms with Crippen molar-refractivity contribution in [2.24, 2.45) is 7.05 Å². The van der Waals surface area contributed by atoms with Crippen LogP contribution in [0.5, 0.6) is 0 Å². The Hall–Kier alpha value is -1.97. The largest absolute Gasteiger partial charge is 0.379 e. The number of hydrogen-bond donors (Lipinski definition) is 2. The molecule has 2 heterocycles. The monoisotopic (exact) mass is 214 g/mol. The summed E-state index contributed by atoms with van der Waals surface area (Å²) < 4.78 is 1.87. The molecule has 82 valence electrons. The molecule has 2 aromatic rings. The van der Waals surface area contributed by atoms with Gasteiger partial charge in [0.2, 0.25) is 0 Å². The van der Waals surface area contributed by atoms with Gasteiger partial charge in [0.1, 0.15) is 5.82 Å². The molecule has 16 heavy (non-hydrogen) atoms. The number of para-hydroxylation sites is 1. The highest BCUT2D eigenvalue weighted by molar-refractivity contribution is 5.79. The van der Waals surface area contributed by atoms with E-state index in [2.05, 4.69) is 40.9 Å². The fraction of sp³-hybridized carbons (Fsp3) is 0.250. The van der Waals surface area contributed by atoms with E-state index in [9.17, 15) is 0 Å². The Morgan fingerprint density at radius 1 is 1.38 bits per heavy atom. The Kier molecular flexibility index (Phi) is 1.89. The lowest BCUT2D eigenvalue weighted by Crippen LogP contribution is -2.01.